The molecule has 3 heteroatoms. The molecule has 0 N–H and O–H groups in total. The first kappa shape index (κ1) is 14.5. The van der Waals surface area contributed by atoms with E-state index in [2.05, 4.69) is 4.74 Å². The minimum Gasteiger partial charge on any atom is -0.387 e. The molecule has 2 rings (SSSR count). The molecule has 0 spiro atoms. The monoisotopic (exact) mass is 278 g/mol. The molecule has 0 atom stereocenters. The summed E-state index contributed by atoms with van der Waals surface area (Å²) < 4.78 is 4.64. The Bertz CT molecular complexity index is 596. The Morgan fingerprint density at radius 3 is 1.43 bits per heavy atom. The number of benzene rings is 2. The maximum Gasteiger partial charge on any atom is 0.338 e. The third-order valence-corrected chi connectivity index (χ3v) is 2.62. The standard InChI is InChI=1S/C18H14O3/c19-17(13-11-15-7-3-1-4-8-15)21-18(20)14-12-16-9-5-2-6-10-16/h1-14H. The van der Waals surface area contributed by atoms with Crippen molar-refractivity contribution in [2.24, 2.45) is 0 Å². The molecular weight excluding hydrogens is 264 g/mol. The van der Waals surface area contributed by atoms with Crippen molar-refractivity contribution < 1.29 is 14.3 Å². The van der Waals surface area contributed by atoms with Gasteiger partial charge < -0.3 is 4.74 Å². The summed E-state index contributed by atoms with van der Waals surface area (Å²) in [4.78, 5) is 22.9. The molecule has 2 aromatic carbocycles. The summed E-state index contributed by atoms with van der Waals surface area (Å²) in [6.07, 6.45) is 5.64. The van der Waals surface area contributed by atoms with Crippen molar-refractivity contribution in [2.75, 3.05) is 0 Å². The third-order valence-electron chi connectivity index (χ3n) is 2.62. The van der Waals surface area contributed by atoms with Crippen LogP contribution in [0, 0.1) is 0 Å². The molecule has 0 radical (unpaired) electrons. The Morgan fingerprint density at radius 2 is 1.05 bits per heavy atom. The second kappa shape index (κ2) is 7.60. The van der Waals surface area contributed by atoms with Gasteiger partial charge in [-0.3, -0.25) is 0 Å². The SMILES string of the molecule is O=C(C=Cc1ccccc1)OC(=O)C=Cc1ccccc1. The van der Waals surface area contributed by atoms with Crippen LogP contribution in [0.3, 0.4) is 0 Å². The van der Waals surface area contributed by atoms with Crippen molar-refractivity contribution in [3.63, 3.8) is 0 Å². The zero-order valence-electron chi connectivity index (χ0n) is 11.3. The molecule has 0 saturated carbocycles. The molecule has 104 valence electrons. The summed E-state index contributed by atoms with van der Waals surface area (Å²) in [5.41, 5.74) is 1.73. The molecule has 0 aliphatic heterocycles. The van der Waals surface area contributed by atoms with E-state index in [0.29, 0.717) is 0 Å². The van der Waals surface area contributed by atoms with E-state index in [1.54, 1.807) is 12.2 Å². The van der Waals surface area contributed by atoms with Crippen LogP contribution in [0.5, 0.6) is 0 Å². The number of rotatable bonds is 4. The fourth-order valence-electron chi connectivity index (χ4n) is 1.62. The number of hydrogen-bond donors (Lipinski definition) is 0. The summed E-state index contributed by atoms with van der Waals surface area (Å²) in [6, 6.07) is 18.6. The molecule has 0 bridgehead atoms. The van der Waals surface area contributed by atoms with Crippen LogP contribution in [0.2, 0.25) is 0 Å². The van der Waals surface area contributed by atoms with Crippen LogP contribution in [0.25, 0.3) is 12.2 Å². The summed E-state index contributed by atoms with van der Waals surface area (Å²) in [5, 5.41) is 0. The van der Waals surface area contributed by atoms with E-state index in [4.69, 9.17) is 0 Å². The summed E-state index contributed by atoms with van der Waals surface area (Å²) >= 11 is 0. The summed E-state index contributed by atoms with van der Waals surface area (Å²) in [7, 11) is 0. The van der Waals surface area contributed by atoms with Gasteiger partial charge in [0.15, 0.2) is 0 Å². The number of hydrogen-bond acceptors (Lipinski definition) is 3. The Kier molecular flexibility index (Phi) is 5.24. The molecule has 0 unspecified atom stereocenters. The van der Waals surface area contributed by atoms with Gasteiger partial charge in [-0.15, -0.1) is 0 Å². The molecule has 0 aromatic heterocycles. The highest BCUT2D eigenvalue weighted by Crippen LogP contribution is 2.03. The maximum atomic E-state index is 11.5. The van der Waals surface area contributed by atoms with E-state index in [9.17, 15) is 9.59 Å². The van der Waals surface area contributed by atoms with Crippen molar-refractivity contribution in [1.82, 2.24) is 0 Å². The molecule has 0 saturated heterocycles. The quantitative estimate of drug-likeness (QED) is 0.488. The van der Waals surface area contributed by atoms with Gasteiger partial charge in [-0.25, -0.2) is 9.59 Å². The molecule has 3 nitrogen and oxygen atoms in total. The van der Waals surface area contributed by atoms with Gasteiger partial charge in [0.05, 0.1) is 0 Å². The summed E-state index contributed by atoms with van der Waals surface area (Å²) in [5.74, 6) is -1.39. The average molecular weight is 278 g/mol. The van der Waals surface area contributed by atoms with Crippen molar-refractivity contribution >= 4 is 24.1 Å². The second-order valence-corrected chi connectivity index (χ2v) is 4.23. The van der Waals surface area contributed by atoms with Crippen LogP contribution < -0.4 is 0 Å². The van der Waals surface area contributed by atoms with Crippen LogP contribution in [-0.4, -0.2) is 11.9 Å². The van der Waals surface area contributed by atoms with Gasteiger partial charge in [-0.2, -0.15) is 0 Å². The fourth-order valence-corrected chi connectivity index (χ4v) is 1.62. The summed E-state index contributed by atoms with van der Waals surface area (Å²) in [6.45, 7) is 0. The largest absolute Gasteiger partial charge is 0.387 e. The second-order valence-electron chi connectivity index (χ2n) is 4.23. The lowest BCUT2D eigenvalue weighted by Crippen LogP contribution is -2.06. The topological polar surface area (TPSA) is 43.4 Å². The molecule has 0 aliphatic rings. The lowest BCUT2D eigenvalue weighted by atomic mass is 10.2. The van der Waals surface area contributed by atoms with E-state index in [-0.39, 0.29) is 0 Å². The van der Waals surface area contributed by atoms with Crippen molar-refractivity contribution in [3.8, 4) is 0 Å². The Labute approximate surface area is 123 Å². The minimum absolute atomic E-state index is 0.693. The van der Waals surface area contributed by atoms with Gasteiger partial charge in [0.1, 0.15) is 0 Å². The Morgan fingerprint density at radius 1 is 0.667 bits per heavy atom. The number of ether oxygens (including phenoxy) is 1. The highest BCUT2D eigenvalue weighted by molar-refractivity contribution is 5.99. The predicted molar refractivity (Wildman–Crippen MR) is 82.1 cm³/mol. The average Bonchev–Trinajstić information content (AvgIpc) is 2.53. The van der Waals surface area contributed by atoms with Crippen LogP contribution in [0.15, 0.2) is 72.8 Å². The van der Waals surface area contributed by atoms with Gasteiger partial charge in [0.25, 0.3) is 0 Å². The molecule has 0 aliphatic carbocycles. The highest BCUT2D eigenvalue weighted by atomic mass is 16.6. The van der Waals surface area contributed by atoms with Crippen molar-refractivity contribution in [2.45, 2.75) is 0 Å². The van der Waals surface area contributed by atoms with Crippen LogP contribution >= 0.6 is 0 Å². The highest BCUT2D eigenvalue weighted by Gasteiger charge is 2.03. The first-order valence-corrected chi connectivity index (χ1v) is 6.46. The van der Waals surface area contributed by atoms with E-state index < -0.39 is 11.9 Å². The van der Waals surface area contributed by atoms with Crippen molar-refractivity contribution in [3.05, 3.63) is 83.9 Å². The molecule has 0 fully saturated rings. The van der Waals surface area contributed by atoms with E-state index >= 15 is 0 Å². The molecular formula is C18H14O3. The molecule has 2 aromatic rings. The van der Waals surface area contributed by atoms with Gasteiger partial charge in [-0.05, 0) is 23.3 Å². The molecule has 0 heterocycles. The van der Waals surface area contributed by atoms with E-state index in [1.165, 1.54) is 12.2 Å². The van der Waals surface area contributed by atoms with Crippen LogP contribution in [-0.2, 0) is 14.3 Å². The first-order valence-electron chi connectivity index (χ1n) is 6.46. The van der Waals surface area contributed by atoms with Crippen LogP contribution in [0.4, 0.5) is 0 Å². The number of esters is 2. The van der Waals surface area contributed by atoms with Crippen molar-refractivity contribution in [1.29, 1.82) is 0 Å². The zero-order valence-corrected chi connectivity index (χ0v) is 11.3. The minimum atomic E-state index is -0.693. The lowest BCUT2D eigenvalue weighted by Gasteiger charge is -1.95. The predicted octanol–water partition coefficient (Wildman–Crippen LogP) is 3.48. The normalized spacial score (nSPS) is 10.9. The van der Waals surface area contributed by atoms with E-state index in [0.717, 1.165) is 11.1 Å². The fraction of sp³-hybridized carbons (Fsp3) is 0. The van der Waals surface area contributed by atoms with Gasteiger partial charge in [0.2, 0.25) is 0 Å². The Hall–Kier alpha value is -2.94. The van der Waals surface area contributed by atoms with Crippen LogP contribution in [0.1, 0.15) is 11.1 Å². The smallest absolute Gasteiger partial charge is 0.338 e. The first-order chi connectivity index (χ1) is 10.2. The number of carbonyl (C=O) groups is 2. The number of carbonyl (C=O) groups excluding carboxylic acids is 2. The maximum absolute atomic E-state index is 11.5. The zero-order chi connectivity index (χ0) is 14.9. The molecule has 21 heavy (non-hydrogen) atoms. The molecule has 0 amide bonds. The van der Waals surface area contributed by atoms with Gasteiger partial charge in [-0.1, -0.05) is 60.7 Å². The third kappa shape index (κ3) is 5.28. The van der Waals surface area contributed by atoms with Gasteiger partial charge in [0, 0.05) is 12.2 Å². The lowest BCUT2D eigenvalue weighted by molar-refractivity contribution is -0.152. The van der Waals surface area contributed by atoms with Gasteiger partial charge >= 0.3 is 11.9 Å². The Balaban J connectivity index is 1.87. The van der Waals surface area contributed by atoms with E-state index in [1.807, 2.05) is 60.7 Å².